The first-order valence-electron chi connectivity index (χ1n) is 6.33. The fraction of sp³-hybridized carbons (Fsp3) is 0.231. The lowest BCUT2D eigenvalue weighted by Crippen LogP contribution is -2.16. The number of nitrogens with zero attached hydrogens (tertiary/aromatic N) is 6. The van der Waals surface area contributed by atoms with Crippen LogP contribution in [-0.4, -0.2) is 29.8 Å². The second-order valence-electron chi connectivity index (χ2n) is 4.42. The molecule has 0 fully saturated rings. The number of nitrogens with one attached hydrogen (secondary N) is 1. The number of hydrogen-bond acceptors (Lipinski definition) is 5. The molecule has 0 unspecified atom stereocenters. The van der Waals surface area contributed by atoms with E-state index in [1.165, 1.54) is 0 Å². The average Bonchev–Trinajstić information content (AvgIpc) is 3.10. The molecule has 3 aromatic rings. The highest BCUT2D eigenvalue weighted by atomic mass is 15.5. The van der Waals surface area contributed by atoms with E-state index in [0.29, 0.717) is 13.1 Å². The zero-order valence-electron chi connectivity index (χ0n) is 11.1. The molecule has 1 aromatic carbocycles. The second-order valence-corrected chi connectivity index (χ2v) is 4.42. The van der Waals surface area contributed by atoms with Gasteiger partial charge in [0.25, 0.3) is 0 Å². The molecule has 0 saturated carbocycles. The predicted molar refractivity (Wildman–Crippen MR) is 72.9 cm³/mol. The van der Waals surface area contributed by atoms with Gasteiger partial charge in [-0.2, -0.15) is 15.0 Å². The van der Waals surface area contributed by atoms with Crippen molar-refractivity contribution in [1.29, 1.82) is 0 Å². The van der Waals surface area contributed by atoms with Crippen LogP contribution in [0.3, 0.4) is 0 Å². The molecule has 3 rings (SSSR count). The summed E-state index contributed by atoms with van der Waals surface area (Å²) in [5.74, 6) is 0.889. The van der Waals surface area contributed by atoms with Crippen LogP contribution in [0, 0.1) is 0 Å². The SMILES string of the molecule is Cn1cnnc1CNCc1cnn(-c2ccccc2)n1. The van der Waals surface area contributed by atoms with Crippen molar-refractivity contribution in [3.8, 4) is 5.69 Å². The maximum atomic E-state index is 4.42. The summed E-state index contributed by atoms with van der Waals surface area (Å²) in [6.07, 6.45) is 3.44. The van der Waals surface area contributed by atoms with Gasteiger partial charge in [0.2, 0.25) is 0 Å². The molecule has 0 aliphatic heterocycles. The molecule has 0 radical (unpaired) electrons. The molecule has 0 aliphatic rings. The summed E-state index contributed by atoms with van der Waals surface area (Å²) in [7, 11) is 1.92. The zero-order chi connectivity index (χ0) is 13.8. The van der Waals surface area contributed by atoms with Crippen LogP contribution in [0.1, 0.15) is 11.5 Å². The molecule has 2 aromatic heterocycles. The van der Waals surface area contributed by atoms with E-state index in [2.05, 4.69) is 25.7 Å². The number of para-hydroxylation sites is 1. The van der Waals surface area contributed by atoms with Crippen molar-refractivity contribution in [2.24, 2.45) is 7.05 Å². The van der Waals surface area contributed by atoms with Crippen molar-refractivity contribution < 1.29 is 0 Å². The Hall–Kier alpha value is -2.54. The van der Waals surface area contributed by atoms with E-state index in [1.54, 1.807) is 17.3 Å². The summed E-state index contributed by atoms with van der Waals surface area (Å²) in [6.45, 7) is 1.29. The summed E-state index contributed by atoms with van der Waals surface area (Å²) in [5, 5.41) is 19.8. The monoisotopic (exact) mass is 269 g/mol. The minimum Gasteiger partial charge on any atom is -0.320 e. The van der Waals surface area contributed by atoms with Gasteiger partial charge >= 0.3 is 0 Å². The molecule has 2 heterocycles. The van der Waals surface area contributed by atoms with E-state index >= 15 is 0 Å². The number of hydrogen-bond donors (Lipinski definition) is 1. The van der Waals surface area contributed by atoms with Gasteiger partial charge in [0.1, 0.15) is 12.2 Å². The molecule has 20 heavy (non-hydrogen) atoms. The van der Waals surface area contributed by atoms with Gasteiger partial charge in [0, 0.05) is 13.6 Å². The highest BCUT2D eigenvalue weighted by molar-refractivity contribution is 5.28. The Labute approximate surface area is 116 Å². The quantitative estimate of drug-likeness (QED) is 0.737. The van der Waals surface area contributed by atoms with Crippen LogP contribution in [0.15, 0.2) is 42.9 Å². The Balaban J connectivity index is 1.59. The van der Waals surface area contributed by atoms with Gasteiger partial charge < -0.3 is 9.88 Å². The Morgan fingerprint density at radius 1 is 1.15 bits per heavy atom. The standard InChI is InChI=1S/C13H15N7/c1-19-10-15-17-13(19)9-14-7-11-8-16-20(18-11)12-5-3-2-4-6-12/h2-6,8,10,14H,7,9H2,1H3. The maximum absolute atomic E-state index is 4.42. The van der Waals surface area contributed by atoms with Crippen molar-refractivity contribution in [2.75, 3.05) is 0 Å². The Morgan fingerprint density at radius 2 is 2.00 bits per heavy atom. The number of aromatic nitrogens is 6. The average molecular weight is 269 g/mol. The first-order chi connectivity index (χ1) is 9.83. The van der Waals surface area contributed by atoms with E-state index in [9.17, 15) is 0 Å². The summed E-state index contributed by atoms with van der Waals surface area (Å²) in [4.78, 5) is 1.62. The summed E-state index contributed by atoms with van der Waals surface area (Å²) in [5.41, 5.74) is 1.84. The Kier molecular flexibility index (Phi) is 3.51. The largest absolute Gasteiger partial charge is 0.320 e. The molecule has 0 amide bonds. The highest BCUT2D eigenvalue weighted by Gasteiger charge is 2.04. The van der Waals surface area contributed by atoms with Crippen LogP contribution in [0.5, 0.6) is 0 Å². The molecular weight excluding hydrogens is 254 g/mol. The minimum atomic E-state index is 0.639. The van der Waals surface area contributed by atoms with E-state index in [4.69, 9.17) is 0 Å². The van der Waals surface area contributed by atoms with Crippen molar-refractivity contribution >= 4 is 0 Å². The molecule has 0 saturated heterocycles. The lowest BCUT2D eigenvalue weighted by Gasteiger charge is -2.01. The van der Waals surface area contributed by atoms with Gasteiger partial charge in [-0.3, -0.25) is 0 Å². The van der Waals surface area contributed by atoms with Crippen LogP contribution >= 0.6 is 0 Å². The van der Waals surface area contributed by atoms with E-state index in [-0.39, 0.29) is 0 Å². The molecule has 0 atom stereocenters. The molecule has 1 N–H and O–H groups in total. The smallest absolute Gasteiger partial charge is 0.146 e. The Morgan fingerprint density at radius 3 is 2.75 bits per heavy atom. The van der Waals surface area contributed by atoms with Crippen LogP contribution in [-0.2, 0) is 20.1 Å². The van der Waals surface area contributed by atoms with Crippen LogP contribution in [0.25, 0.3) is 5.69 Å². The third-order valence-corrected chi connectivity index (χ3v) is 2.92. The zero-order valence-corrected chi connectivity index (χ0v) is 11.1. The van der Waals surface area contributed by atoms with Crippen molar-refractivity contribution in [3.63, 3.8) is 0 Å². The topological polar surface area (TPSA) is 73.5 Å². The van der Waals surface area contributed by atoms with Gasteiger partial charge in [-0.25, -0.2) is 0 Å². The fourth-order valence-electron chi connectivity index (χ4n) is 1.83. The first kappa shape index (κ1) is 12.5. The van der Waals surface area contributed by atoms with Crippen molar-refractivity contribution in [2.45, 2.75) is 13.1 Å². The third kappa shape index (κ3) is 2.72. The van der Waals surface area contributed by atoms with Crippen molar-refractivity contribution in [1.82, 2.24) is 35.1 Å². The normalized spacial score (nSPS) is 10.8. The lowest BCUT2D eigenvalue weighted by atomic mass is 10.3. The minimum absolute atomic E-state index is 0.639. The van der Waals surface area contributed by atoms with E-state index in [1.807, 2.05) is 41.9 Å². The molecule has 0 bridgehead atoms. The molecule has 0 aliphatic carbocycles. The summed E-state index contributed by atoms with van der Waals surface area (Å²) in [6, 6.07) is 9.83. The van der Waals surface area contributed by atoms with E-state index in [0.717, 1.165) is 17.2 Å². The van der Waals surface area contributed by atoms with Gasteiger partial charge in [0.15, 0.2) is 0 Å². The molecule has 7 nitrogen and oxygen atoms in total. The number of benzene rings is 1. The third-order valence-electron chi connectivity index (χ3n) is 2.92. The molecule has 7 heteroatoms. The van der Waals surface area contributed by atoms with E-state index < -0.39 is 0 Å². The number of rotatable bonds is 5. The molecule has 0 spiro atoms. The summed E-state index contributed by atoms with van der Waals surface area (Å²) >= 11 is 0. The lowest BCUT2D eigenvalue weighted by molar-refractivity contribution is 0.622. The second kappa shape index (κ2) is 5.62. The van der Waals surface area contributed by atoms with Gasteiger partial charge in [-0.15, -0.1) is 10.2 Å². The fourth-order valence-corrected chi connectivity index (χ4v) is 1.83. The Bertz CT molecular complexity index is 671. The van der Waals surface area contributed by atoms with Gasteiger partial charge in [-0.05, 0) is 12.1 Å². The van der Waals surface area contributed by atoms with Gasteiger partial charge in [-0.1, -0.05) is 18.2 Å². The van der Waals surface area contributed by atoms with Gasteiger partial charge in [0.05, 0.1) is 24.1 Å². The van der Waals surface area contributed by atoms with Crippen LogP contribution < -0.4 is 5.32 Å². The highest BCUT2D eigenvalue weighted by Crippen LogP contribution is 2.04. The molecular formula is C13H15N7. The number of aryl methyl sites for hydroxylation is 1. The maximum Gasteiger partial charge on any atom is 0.146 e. The van der Waals surface area contributed by atoms with Crippen LogP contribution in [0.2, 0.25) is 0 Å². The first-order valence-corrected chi connectivity index (χ1v) is 6.33. The molecule has 102 valence electrons. The van der Waals surface area contributed by atoms with Crippen LogP contribution in [0.4, 0.5) is 0 Å². The summed E-state index contributed by atoms with van der Waals surface area (Å²) < 4.78 is 1.88. The van der Waals surface area contributed by atoms with Crippen molar-refractivity contribution in [3.05, 3.63) is 54.4 Å². The predicted octanol–water partition coefficient (Wildman–Crippen LogP) is 0.686.